The molecule has 0 saturated heterocycles. The summed E-state index contributed by atoms with van der Waals surface area (Å²) in [5, 5.41) is 10.1. The summed E-state index contributed by atoms with van der Waals surface area (Å²) >= 11 is 6.27. The van der Waals surface area contributed by atoms with Crippen LogP contribution in [-0.2, 0) is 6.42 Å². The van der Waals surface area contributed by atoms with E-state index in [0.29, 0.717) is 20.1 Å². The molecule has 5 heteroatoms. The summed E-state index contributed by atoms with van der Waals surface area (Å²) in [5.74, 6) is -0.749. The smallest absolute Gasteiger partial charge is 0.137 e. The second-order valence-electron chi connectivity index (χ2n) is 4.17. The third kappa shape index (κ3) is 3.84. The number of benzene rings is 2. The second-order valence-corrected chi connectivity index (χ2v) is 5.94. The first-order chi connectivity index (χ1) is 8.95. The molecular weight excluding hydrogens is 382 g/mol. The third-order valence-corrected chi connectivity index (χ3v) is 3.75. The number of aliphatic hydroxyl groups is 1. The molecule has 0 fully saturated rings. The van der Waals surface area contributed by atoms with Crippen molar-refractivity contribution in [3.8, 4) is 0 Å². The molecule has 0 aromatic heterocycles. The Hall–Kier alpha value is -0.780. The molecule has 2 rings (SSSR count). The van der Waals surface area contributed by atoms with Crippen molar-refractivity contribution in [2.45, 2.75) is 12.5 Å². The van der Waals surface area contributed by atoms with Gasteiger partial charge in [0.05, 0.1) is 10.6 Å². The number of halogens is 4. The Morgan fingerprint density at radius 2 is 1.79 bits per heavy atom. The first-order valence-electron chi connectivity index (χ1n) is 5.53. The van der Waals surface area contributed by atoms with E-state index >= 15 is 0 Å². The summed E-state index contributed by atoms with van der Waals surface area (Å²) in [6.45, 7) is 0. The predicted molar refractivity (Wildman–Crippen MR) is 76.9 cm³/mol. The van der Waals surface area contributed by atoms with Crippen molar-refractivity contribution in [3.63, 3.8) is 0 Å². The molecule has 2 aromatic carbocycles. The van der Waals surface area contributed by atoms with Gasteiger partial charge in [0.1, 0.15) is 11.6 Å². The lowest BCUT2D eigenvalue weighted by molar-refractivity contribution is 0.178. The second kappa shape index (κ2) is 6.11. The molecule has 1 unspecified atom stereocenters. The topological polar surface area (TPSA) is 20.2 Å². The van der Waals surface area contributed by atoms with E-state index < -0.39 is 6.10 Å². The Morgan fingerprint density at radius 1 is 1.05 bits per heavy atom. The molecular formula is C14H10Br2F2O. The molecule has 0 aliphatic rings. The van der Waals surface area contributed by atoms with E-state index in [1.54, 1.807) is 6.07 Å². The lowest BCUT2D eigenvalue weighted by Gasteiger charge is -2.12. The number of rotatable bonds is 3. The van der Waals surface area contributed by atoms with Gasteiger partial charge in [-0.1, -0.05) is 22.0 Å². The van der Waals surface area contributed by atoms with Crippen molar-refractivity contribution in [3.05, 3.63) is 68.1 Å². The van der Waals surface area contributed by atoms with Gasteiger partial charge < -0.3 is 5.11 Å². The summed E-state index contributed by atoms with van der Waals surface area (Å²) in [5.41, 5.74) is 1.24. The van der Waals surface area contributed by atoms with Crippen molar-refractivity contribution < 1.29 is 13.9 Å². The van der Waals surface area contributed by atoms with Crippen LogP contribution in [-0.4, -0.2) is 5.11 Å². The average molecular weight is 392 g/mol. The average Bonchev–Trinajstić information content (AvgIpc) is 2.31. The van der Waals surface area contributed by atoms with E-state index in [2.05, 4.69) is 31.9 Å². The van der Waals surface area contributed by atoms with E-state index in [-0.39, 0.29) is 18.1 Å². The number of hydrogen-bond donors (Lipinski definition) is 1. The van der Waals surface area contributed by atoms with E-state index in [1.165, 1.54) is 30.3 Å². The fraction of sp³-hybridized carbons (Fsp3) is 0.143. The molecule has 0 aliphatic carbocycles. The third-order valence-electron chi connectivity index (χ3n) is 2.68. The van der Waals surface area contributed by atoms with Crippen LogP contribution in [0.3, 0.4) is 0 Å². The van der Waals surface area contributed by atoms with Crippen LogP contribution in [0.25, 0.3) is 0 Å². The summed E-state index contributed by atoms with van der Waals surface area (Å²) in [7, 11) is 0. The van der Waals surface area contributed by atoms with Gasteiger partial charge in [-0.25, -0.2) is 8.78 Å². The van der Waals surface area contributed by atoms with Crippen LogP contribution in [0.15, 0.2) is 45.3 Å². The van der Waals surface area contributed by atoms with E-state index in [9.17, 15) is 13.9 Å². The van der Waals surface area contributed by atoms with E-state index in [0.717, 1.165) is 0 Å². The molecule has 0 saturated carbocycles. The zero-order valence-corrected chi connectivity index (χ0v) is 12.9. The van der Waals surface area contributed by atoms with Gasteiger partial charge in [-0.05, 0) is 57.4 Å². The summed E-state index contributed by atoms with van der Waals surface area (Å²) in [4.78, 5) is 0. The van der Waals surface area contributed by atoms with Crippen molar-refractivity contribution in [1.82, 2.24) is 0 Å². The number of aliphatic hydroxyl groups excluding tert-OH is 1. The summed E-state index contributed by atoms with van der Waals surface area (Å²) in [6, 6.07) is 8.78. The van der Waals surface area contributed by atoms with Crippen LogP contribution in [0.2, 0.25) is 0 Å². The van der Waals surface area contributed by atoms with Gasteiger partial charge >= 0.3 is 0 Å². The predicted octanol–water partition coefficient (Wildman–Crippen LogP) is 4.77. The first-order valence-corrected chi connectivity index (χ1v) is 7.12. The molecule has 1 nitrogen and oxygen atoms in total. The van der Waals surface area contributed by atoms with Crippen molar-refractivity contribution in [2.24, 2.45) is 0 Å². The van der Waals surface area contributed by atoms with Crippen LogP contribution in [0, 0.1) is 11.6 Å². The molecule has 0 heterocycles. The SMILES string of the molecule is OC(Cc1cc(F)cc(Br)c1)c1ccc(F)c(Br)c1. The van der Waals surface area contributed by atoms with Gasteiger partial charge in [0.25, 0.3) is 0 Å². The molecule has 0 aliphatic heterocycles. The van der Waals surface area contributed by atoms with Crippen LogP contribution in [0.1, 0.15) is 17.2 Å². The molecule has 0 amide bonds. The van der Waals surface area contributed by atoms with Crippen molar-refractivity contribution >= 4 is 31.9 Å². The maximum Gasteiger partial charge on any atom is 0.137 e. The van der Waals surface area contributed by atoms with Crippen LogP contribution < -0.4 is 0 Å². The minimum Gasteiger partial charge on any atom is -0.388 e. The quantitative estimate of drug-likeness (QED) is 0.799. The van der Waals surface area contributed by atoms with E-state index in [4.69, 9.17) is 0 Å². The molecule has 19 heavy (non-hydrogen) atoms. The Bertz CT molecular complexity index is 582. The molecule has 1 atom stereocenters. The van der Waals surface area contributed by atoms with Gasteiger partial charge in [0, 0.05) is 10.9 Å². The highest BCUT2D eigenvalue weighted by Gasteiger charge is 2.12. The van der Waals surface area contributed by atoms with Gasteiger partial charge in [-0.3, -0.25) is 0 Å². The van der Waals surface area contributed by atoms with Gasteiger partial charge in [-0.2, -0.15) is 0 Å². The lowest BCUT2D eigenvalue weighted by atomic mass is 10.0. The fourth-order valence-corrected chi connectivity index (χ4v) is 2.70. The fourth-order valence-electron chi connectivity index (χ4n) is 1.79. The monoisotopic (exact) mass is 390 g/mol. The van der Waals surface area contributed by atoms with Crippen LogP contribution in [0.4, 0.5) is 8.78 Å². The van der Waals surface area contributed by atoms with Gasteiger partial charge in [0.2, 0.25) is 0 Å². The van der Waals surface area contributed by atoms with Gasteiger partial charge in [-0.15, -0.1) is 0 Å². The first kappa shape index (κ1) is 14.6. The normalized spacial score (nSPS) is 12.5. The Morgan fingerprint density at radius 3 is 2.42 bits per heavy atom. The zero-order valence-electron chi connectivity index (χ0n) is 9.71. The van der Waals surface area contributed by atoms with Crippen molar-refractivity contribution in [2.75, 3.05) is 0 Å². The largest absolute Gasteiger partial charge is 0.388 e. The summed E-state index contributed by atoms with van der Waals surface area (Å²) in [6.07, 6.45) is -0.556. The van der Waals surface area contributed by atoms with Crippen LogP contribution in [0.5, 0.6) is 0 Å². The minimum absolute atomic E-state index is 0.258. The standard InChI is InChI=1S/C14H10Br2F2O/c15-10-3-8(4-11(17)7-10)5-14(19)9-1-2-13(18)12(16)6-9/h1-4,6-7,14,19H,5H2. The molecule has 1 N–H and O–H groups in total. The molecule has 0 spiro atoms. The number of hydrogen-bond acceptors (Lipinski definition) is 1. The molecule has 2 aromatic rings. The minimum atomic E-state index is -0.814. The molecule has 0 bridgehead atoms. The Labute approximate surface area is 126 Å². The summed E-state index contributed by atoms with van der Waals surface area (Å²) < 4.78 is 27.3. The Balaban J connectivity index is 2.20. The Kier molecular flexibility index (Phi) is 4.71. The molecule has 0 radical (unpaired) electrons. The highest BCUT2D eigenvalue weighted by Crippen LogP contribution is 2.25. The molecule has 100 valence electrons. The van der Waals surface area contributed by atoms with Gasteiger partial charge in [0.15, 0.2) is 0 Å². The van der Waals surface area contributed by atoms with Crippen molar-refractivity contribution in [1.29, 1.82) is 0 Å². The zero-order chi connectivity index (χ0) is 14.0. The maximum atomic E-state index is 13.2. The maximum absolute atomic E-state index is 13.2. The highest BCUT2D eigenvalue weighted by atomic mass is 79.9. The lowest BCUT2D eigenvalue weighted by Crippen LogP contribution is -2.02. The van der Waals surface area contributed by atoms with Crippen LogP contribution >= 0.6 is 31.9 Å². The highest BCUT2D eigenvalue weighted by molar-refractivity contribution is 9.10. The van der Waals surface area contributed by atoms with E-state index in [1.807, 2.05) is 0 Å².